The molecule has 0 aliphatic carbocycles. The molecule has 0 amide bonds. The summed E-state index contributed by atoms with van der Waals surface area (Å²) < 4.78 is 7.27. The molecule has 6 nitrogen and oxygen atoms in total. The van der Waals surface area contributed by atoms with Gasteiger partial charge in [-0.15, -0.1) is 0 Å². The van der Waals surface area contributed by atoms with Crippen LogP contribution in [0.4, 0.5) is 0 Å². The standard InChI is InChI=1S/C29H26ClN3O3/c1-4-36-22-8-5-7-19(15-22)24-16-27(34)33(3)28-23(24)9-6-10-25(28)29(35,26-17-31-18(2)32-26)20-11-13-21(30)14-12-20/h5-17,35H,4H2,1-3H3,(H,31,32). The molecule has 0 spiro atoms. The molecule has 5 aromatic rings. The molecule has 2 heterocycles. The molecule has 0 radical (unpaired) electrons. The van der Waals surface area contributed by atoms with Gasteiger partial charge in [-0.3, -0.25) is 4.79 Å². The lowest BCUT2D eigenvalue weighted by atomic mass is 9.82. The molecule has 0 aliphatic heterocycles. The molecule has 3 aromatic carbocycles. The Morgan fingerprint density at radius 2 is 1.83 bits per heavy atom. The van der Waals surface area contributed by atoms with Crippen LogP contribution < -0.4 is 10.3 Å². The van der Waals surface area contributed by atoms with Crippen LogP contribution in [0.5, 0.6) is 5.75 Å². The SMILES string of the molecule is CCOc1cccc(-c2cc(=O)n(C)c3c(C(O)(c4ccc(Cl)cc4)c4cnc(C)[nH]4)cccc23)c1. The van der Waals surface area contributed by atoms with Gasteiger partial charge in [0.15, 0.2) is 5.60 Å². The highest BCUT2D eigenvalue weighted by molar-refractivity contribution is 6.30. The Morgan fingerprint density at radius 1 is 1.08 bits per heavy atom. The smallest absolute Gasteiger partial charge is 0.251 e. The Labute approximate surface area is 213 Å². The second-order valence-corrected chi connectivity index (χ2v) is 9.15. The number of pyridine rings is 1. The molecule has 1 unspecified atom stereocenters. The Bertz CT molecular complexity index is 1620. The van der Waals surface area contributed by atoms with Crippen LogP contribution in [-0.2, 0) is 12.6 Å². The molecule has 7 heteroatoms. The zero-order valence-electron chi connectivity index (χ0n) is 20.2. The zero-order chi connectivity index (χ0) is 25.4. The number of aromatic nitrogens is 3. The number of aromatic amines is 1. The maximum Gasteiger partial charge on any atom is 0.251 e. The number of nitrogens with one attached hydrogen (secondary N) is 1. The molecule has 5 rings (SSSR count). The number of aryl methyl sites for hydroxylation is 2. The molecule has 2 N–H and O–H groups in total. The van der Waals surface area contributed by atoms with Gasteiger partial charge in [-0.25, -0.2) is 4.98 Å². The van der Waals surface area contributed by atoms with Crippen LogP contribution in [0, 0.1) is 6.92 Å². The van der Waals surface area contributed by atoms with Gasteiger partial charge in [-0.05, 0) is 54.8 Å². The summed E-state index contributed by atoms with van der Waals surface area (Å²) in [6, 6.07) is 22.0. The first kappa shape index (κ1) is 23.9. The number of fused-ring (bicyclic) bond motifs is 1. The highest BCUT2D eigenvalue weighted by atomic mass is 35.5. The largest absolute Gasteiger partial charge is 0.494 e. The third-order valence-electron chi connectivity index (χ3n) is 6.46. The number of ether oxygens (including phenoxy) is 1. The van der Waals surface area contributed by atoms with Crippen LogP contribution in [0.1, 0.15) is 29.6 Å². The Kier molecular flexibility index (Phi) is 6.16. The normalized spacial score (nSPS) is 13.0. The van der Waals surface area contributed by atoms with Crippen LogP contribution in [0.2, 0.25) is 5.02 Å². The topological polar surface area (TPSA) is 80.1 Å². The van der Waals surface area contributed by atoms with Crippen molar-refractivity contribution in [2.45, 2.75) is 19.4 Å². The second-order valence-electron chi connectivity index (χ2n) is 8.72. The molecule has 0 saturated heterocycles. The average Bonchev–Trinajstić information content (AvgIpc) is 3.33. The van der Waals surface area contributed by atoms with E-state index in [1.807, 2.05) is 56.3 Å². The monoisotopic (exact) mass is 499 g/mol. The second kappa shape index (κ2) is 9.30. The Hall–Kier alpha value is -3.87. The van der Waals surface area contributed by atoms with Crippen molar-refractivity contribution in [3.63, 3.8) is 0 Å². The van der Waals surface area contributed by atoms with Crippen LogP contribution in [0.25, 0.3) is 22.0 Å². The van der Waals surface area contributed by atoms with Crippen molar-refractivity contribution in [2.24, 2.45) is 7.05 Å². The van der Waals surface area contributed by atoms with Crippen molar-refractivity contribution >= 4 is 22.5 Å². The lowest BCUT2D eigenvalue weighted by molar-refractivity contribution is 0.122. The summed E-state index contributed by atoms with van der Waals surface area (Å²) in [7, 11) is 1.72. The van der Waals surface area contributed by atoms with Gasteiger partial charge < -0.3 is 19.4 Å². The number of rotatable bonds is 6. The quantitative estimate of drug-likeness (QED) is 0.320. The summed E-state index contributed by atoms with van der Waals surface area (Å²) in [4.78, 5) is 20.8. The first-order chi connectivity index (χ1) is 17.3. The van der Waals surface area contributed by atoms with Crippen molar-refractivity contribution in [1.82, 2.24) is 14.5 Å². The predicted molar refractivity (Wildman–Crippen MR) is 143 cm³/mol. The van der Waals surface area contributed by atoms with Crippen LogP contribution in [0.15, 0.2) is 83.8 Å². The Morgan fingerprint density at radius 3 is 2.53 bits per heavy atom. The third kappa shape index (κ3) is 3.98. The zero-order valence-corrected chi connectivity index (χ0v) is 21.0. The summed E-state index contributed by atoms with van der Waals surface area (Å²) in [6.07, 6.45) is 1.62. The first-order valence-corrected chi connectivity index (χ1v) is 12.1. The van der Waals surface area contributed by atoms with Crippen molar-refractivity contribution in [2.75, 3.05) is 6.61 Å². The maximum atomic E-state index is 13.3. The van der Waals surface area contributed by atoms with E-state index >= 15 is 0 Å². The molecule has 182 valence electrons. The van der Waals surface area contributed by atoms with Crippen molar-refractivity contribution in [1.29, 1.82) is 0 Å². The van der Waals surface area contributed by atoms with Gasteiger partial charge >= 0.3 is 0 Å². The van der Waals surface area contributed by atoms with E-state index in [-0.39, 0.29) is 5.56 Å². The summed E-state index contributed by atoms with van der Waals surface area (Å²) in [6.45, 7) is 4.30. The number of imidazole rings is 1. The van der Waals surface area contributed by atoms with E-state index in [0.29, 0.717) is 39.8 Å². The van der Waals surface area contributed by atoms with Gasteiger partial charge in [-0.1, -0.05) is 54.1 Å². The fourth-order valence-corrected chi connectivity index (χ4v) is 4.86. The van der Waals surface area contributed by atoms with E-state index in [9.17, 15) is 9.90 Å². The van der Waals surface area contributed by atoms with Crippen LogP contribution >= 0.6 is 11.6 Å². The molecule has 2 aromatic heterocycles. The van der Waals surface area contributed by atoms with Crippen molar-refractivity contribution < 1.29 is 9.84 Å². The number of halogens is 1. The minimum Gasteiger partial charge on any atom is -0.494 e. The van der Waals surface area contributed by atoms with E-state index in [1.54, 1.807) is 48.1 Å². The number of aliphatic hydroxyl groups is 1. The number of benzene rings is 3. The summed E-state index contributed by atoms with van der Waals surface area (Å²) in [5, 5.41) is 13.9. The lowest BCUT2D eigenvalue weighted by Gasteiger charge is -2.30. The van der Waals surface area contributed by atoms with E-state index in [2.05, 4.69) is 9.97 Å². The summed E-state index contributed by atoms with van der Waals surface area (Å²) in [5.41, 5.74) is 2.06. The number of hydrogen-bond acceptors (Lipinski definition) is 4. The third-order valence-corrected chi connectivity index (χ3v) is 6.71. The predicted octanol–water partition coefficient (Wildman–Crippen LogP) is 5.57. The summed E-state index contributed by atoms with van der Waals surface area (Å²) >= 11 is 6.17. The van der Waals surface area contributed by atoms with Gasteiger partial charge in [0.25, 0.3) is 5.56 Å². The average molecular weight is 500 g/mol. The molecule has 0 aliphatic rings. The van der Waals surface area contributed by atoms with E-state index in [4.69, 9.17) is 16.3 Å². The molecule has 0 fully saturated rings. The van der Waals surface area contributed by atoms with E-state index < -0.39 is 5.60 Å². The van der Waals surface area contributed by atoms with E-state index in [1.165, 1.54) is 0 Å². The van der Waals surface area contributed by atoms with Gasteiger partial charge in [0.1, 0.15) is 11.6 Å². The molecule has 36 heavy (non-hydrogen) atoms. The van der Waals surface area contributed by atoms with Crippen molar-refractivity contribution in [3.05, 3.63) is 117 Å². The molecular formula is C29H26ClN3O3. The fourth-order valence-electron chi connectivity index (χ4n) is 4.73. The van der Waals surface area contributed by atoms with Gasteiger partial charge in [0.05, 0.1) is 24.0 Å². The van der Waals surface area contributed by atoms with Crippen molar-refractivity contribution in [3.8, 4) is 16.9 Å². The summed E-state index contributed by atoms with van der Waals surface area (Å²) in [5.74, 6) is 1.39. The Balaban J connectivity index is 1.85. The number of nitrogens with zero attached hydrogens (tertiary/aromatic N) is 2. The maximum absolute atomic E-state index is 13.3. The molecule has 0 saturated carbocycles. The highest BCUT2D eigenvalue weighted by Gasteiger charge is 2.38. The van der Waals surface area contributed by atoms with Crippen LogP contribution in [0.3, 0.4) is 0 Å². The molecule has 1 atom stereocenters. The van der Waals surface area contributed by atoms with Gasteiger partial charge in [-0.2, -0.15) is 0 Å². The first-order valence-electron chi connectivity index (χ1n) is 11.7. The minimum absolute atomic E-state index is 0.189. The highest BCUT2D eigenvalue weighted by Crippen LogP contribution is 2.41. The van der Waals surface area contributed by atoms with E-state index in [0.717, 1.165) is 22.3 Å². The fraction of sp³-hybridized carbons (Fsp3) is 0.172. The van der Waals surface area contributed by atoms with Gasteiger partial charge in [0.2, 0.25) is 0 Å². The molecule has 0 bridgehead atoms. The minimum atomic E-state index is -1.62. The number of para-hydroxylation sites is 1. The molecular weight excluding hydrogens is 474 g/mol. The number of H-pyrrole nitrogens is 1. The number of hydrogen-bond donors (Lipinski definition) is 2. The van der Waals surface area contributed by atoms with Gasteiger partial charge in [0, 0.05) is 29.1 Å². The lowest BCUT2D eigenvalue weighted by Crippen LogP contribution is -2.31. The van der Waals surface area contributed by atoms with Crippen LogP contribution in [-0.4, -0.2) is 26.2 Å².